The molecule has 5 nitrogen and oxygen atoms in total. The highest BCUT2D eigenvalue weighted by Gasteiger charge is 2.28. The number of aromatic amines is 1. The molecular weight excluding hydrogens is 272 g/mol. The zero-order valence-corrected chi connectivity index (χ0v) is 11.9. The Morgan fingerprint density at radius 3 is 2.89 bits per heavy atom. The Morgan fingerprint density at radius 2 is 2.33 bits per heavy atom. The molecule has 102 valence electrons. The van der Waals surface area contributed by atoms with Crippen LogP contribution in [0.3, 0.4) is 0 Å². The number of rotatable bonds is 5. The molecule has 1 saturated carbocycles. The monoisotopic (exact) mass is 290 g/mol. The molecule has 0 amide bonds. The zero-order valence-electron chi connectivity index (χ0n) is 10.2. The fourth-order valence-corrected chi connectivity index (χ4v) is 4.31. The Labute approximate surface area is 111 Å². The van der Waals surface area contributed by atoms with E-state index < -0.39 is 10.0 Å². The van der Waals surface area contributed by atoms with Crippen LogP contribution in [0, 0.1) is 0 Å². The van der Waals surface area contributed by atoms with Crippen LogP contribution in [0.1, 0.15) is 25.0 Å². The predicted octanol–water partition coefficient (Wildman–Crippen LogP) is 1.07. The van der Waals surface area contributed by atoms with Gasteiger partial charge in [0.1, 0.15) is 0 Å². The van der Waals surface area contributed by atoms with Crippen LogP contribution in [-0.2, 0) is 16.6 Å². The van der Waals surface area contributed by atoms with Gasteiger partial charge in [0.2, 0.25) is 10.0 Å². The molecule has 1 aliphatic carbocycles. The maximum absolute atomic E-state index is 12.1. The highest BCUT2D eigenvalue weighted by atomic mass is 32.2. The molecule has 0 radical (unpaired) electrons. The first-order chi connectivity index (χ1) is 8.55. The van der Waals surface area contributed by atoms with Gasteiger partial charge in [-0.05, 0) is 31.6 Å². The summed E-state index contributed by atoms with van der Waals surface area (Å²) in [5.74, 6) is 0. The van der Waals surface area contributed by atoms with E-state index in [0.29, 0.717) is 10.9 Å². The number of aliphatic hydroxyl groups excluding tert-OH is 1. The second-order valence-corrected chi connectivity index (χ2v) is 7.36. The van der Waals surface area contributed by atoms with Crippen LogP contribution < -0.4 is 4.72 Å². The van der Waals surface area contributed by atoms with Gasteiger partial charge in [0.25, 0.3) is 0 Å². The highest BCUT2D eigenvalue weighted by molar-refractivity contribution is 7.99. The van der Waals surface area contributed by atoms with Gasteiger partial charge in [-0.1, -0.05) is 0 Å². The highest BCUT2D eigenvalue weighted by Crippen LogP contribution is 2.29. The Bertz CT molecular complexity index is 498. The zero-order chi connectivity index (χ0) is 13.2. The smallest absolute Gasteiger partial charge is 0.242 e. The summed E-state index contributed by atoms with van der Waals surface area (Å²) in [4.78, 5) is 2.93. The van der Waals surface area contributed by atoms with Crippen molar-refractivity contribution in [2.75, 3.05) is 6.26 Å². The normalized spacial score (nSPS) is 24.6. The second-order valence-electron chi connectivity index (χ2n) is 4.51. The lowest BCUT2D eigenvalue weighted by atomic mass is 10.3. The van der Waals surface area contributed by atoms with Gasteiger partial charge in [0.15, 0.2) is 0 Å². The van der Waals surface area contributed by atoms with Crippen molar-refractivity contribution in [3.8, 4) is 0 Å². The third-order valence-electron chi connectivity index (χ3n) is 3.24. The average Bonchev–Trinajstić information content (AvgIpc) is 2.96. The third-order valence-corrected chi connectivity index (χ3v) is 5.83. The van der Waals surface area contributed by atoms with Crippen LogP contribution in [0.2, 0.25) is 0 Å². The van der Waals surface area contributed by atoms with E-state index in [1.807, 2.05) is 0 Å². The van der Waals surface area contributed by atoms with Gasteiger partial charge in [-0.3, -0.25) is 0 Å². The topological polar surface area (TPSA) is 82.2 Å². The molecule has 18 heavy (non-hydrogen) atoms. The van der Waals surface area contributed by atoms with Crippen LogP contribution in [-0.4, -0.2) is 36.1 Å². The molecule has 0 spiro atoms. The van der Waals surface area contributed by atoms with Crippen LogP contribution in [0.4, 0.5) is 0 Å². The SMILES string of the molecule is CSC1CCC(NS(=O)(=O)c2c[nH]c(CO)c2)C1. The quantitative estimate of drug-likeness (QED) is 0.757. The Balaban J connectivity index is 2.03. The van der Waals surface area contributed by atoms with Gasteiger partial charge in [-0.15, -0.1) is 0 Å². The minimum absolute atomic E-state index is 0.0277. The summed E-state index contributed by atoms with van der Waals surface area (Å²) in [5.41, 5.74) is 0.504. The molecule has 3 N–H and O–H groups in total. The molecule has 2 atom stereocenters. The predicted molar refractivity (Wildman–Crippen MR) is 72.0 cm³/mol. The van der Waals surface area contributed by atoms with E-state index in [9.17, 15) is 8.42 Å². The van der Waals surface area contributed by atoms with E-state index in [2.05, 4.69) is 16.0 Å². The third kappa shape index (κ3) is 3.09. The van der Waals surface area contributed by atoms with E-state index in [1.165, 1.54) is 12.3 Å². The van der Waals surface area contributed by atoms with Gasteiger partial charge >= 0.3 is 0 Å². The lowest BCUT2D eigenvalue weighted by Crippen LogP contribution is -2.32. The summed E-state index contributed by atoms with van der Waals surface area (Å²) in [5, 5.41) is 9.47. The molecule has 7 heteroatoms. The maximum Gasteiger partial charge on any atom is 0.242 e. The molecule has 1 aromatic rings. The molecule has 1 aliphatic rings. The lowest BCUT2D eigenvalue weighted by Gasteiger charge is -2.12. The van der Waals surface area contributed by atoms with E-state index in [4.69, 9.17) is 5.11 Å². The van der Waals surface area contributed by atoms with Crippen molar-refractivity contribution in [1.82, 2.24) is 9.71 Å². The van der Waals surface area contributed by atoms with E-state index in [-0.39, 0.29) is 17.5 Å². The summed E-state index contributed by atoms with van der Waals surface area (Å²) >= 11 is 1.79. The summed E-state index contributed by atoms with van der Waals surface area (Å²) in [7, 11) is -3.47. The van der Waals surface area contributed by atoms with Crippen molar-refractivity contribution in [3.05, 3.63) is 18.0 Å². The van der Waals surface area contributed by atoms with Gasteiger partial charge < -0.3 is 10.1 Å². The largest absolute Gasteiger partial charge is 0.390 e. The maximum atomic E-state index is 12.1. The Hall–Kier alpha value is -0.500. The number of H-pyrrole nitrogens is 1. The molecule has 0 bridgehead atoms. The van der Waals surface area contributed by atoms with Gasteiger partial charge in [-0.25, -0.2) is 13.1 Å². The molecule has 1 heterocycles. The first kappa shape index (κ1) is 13.9. The van der Waals surface area contributed by atoms with Crippen molar-refractivity contribution in [2.45, 2.75) is 42.1 Å². The molecule has 0 saturated heterocycles. The average molecular weight is 290 g/mol. The molecule has 2 rings (SSSR count). The second kappa shape index (κ2) is 5.64. The molecule has 0 aromatic carbocycles. The fourth-order valence-electron chi connectivity index (χ4n) is 2.21. The lowest BCUT2D eigenvalue weighted by molar-refractivity contribution is 0.277. The van der Waals surface area contributed by atoms with Crippen LogP contribution in [0.5, 0.6) is 0 Å². The first-order valence-electron chi connectivity index (χ1n) is 5.88. The van der Waals surface area contributed by atoms with E-state index in [1.54, 1.807) is 11.8 Å². The summed E-state index contributed by atoms with van der Waals surface area (Å²) < 4.78 is 26.9. The van der Waals surface area contributed by atoms with Crippen LogP contribution in [0.15, 0.2) is 17.2 Å². The van der Waals surface area contributed by atoms with Gasteiger partial charge in [0, 0.05) is 23.2 Å². The number of aliphatic hydroxyl groups is 1. The minimum atomic E-state index is -3.47. The molecular formula is C11H18N2O3S2. The Kier molecular flexibility index (Phi) is 4.37. The number of thioether (sulfide) groups is 1. The first-order valence-corrected chi connectivity index (χ1v) is 8.65. The standard InChI is InChI=1S/C11H18N2O3S2/c1-17-10-3-2-8(4-10)13-18(15,16)11-5-9(7-14)12-6-11/h5-6,8,10,12-14H,2-4,7H2,1H3. The number of nitrogens with one attached hydrogen (secondary N) is 2. The molecule has 2 unspecified atom stereocenters. The molecule has 0 aliphatic heterocycles. The van der Waals surface area contributed by atoms with E-state index >= 15 is 0 Å². The number of sulfonamides is 1. The van der Waals surface area contributed by atoms with Crippen LogP contribution >= 0.6 is 11.8 Å². The fraction of sp³-hybridized carbons (Fsp3) is 0.636. The van der Waals surface area contributed by atoms with Crippen molar-refractivity contribution in [2.24, 2.45) is 0 Å². The minimum Gasteiger partial charge on any atom is -0.390 e. The summed E-state index contributed by atoms with van der Waals surface area (Å²) in [6, 6.07) is 1.49. The number of aromatic nitrogens is 1. The Morgan fingerprint density at radius 1 is 1.56 bits per heavy atom. The van der Waals surface area contributed by atoms with Gasteiger partial charge in [0.05, 0.1) is 11.5 Å². The number of hydrogen-bond acceptors (Lipinski definition) is 4. The van der Waals surface area contributed by atoms with Crippen molar-refractivity contribution >= 4 is 21.8 Å². The van der Waals surface area contributed by atoms with Crippen LogP contribution in [0.25, 0.3) is 0 Å². The molecule has 1 fully saturated rings. The van der Waals surface area contributed by atoms with Crippen molar-refractivity contribution < 1.29 is 13.5 Å². The van der Waals surface area contributed by atoms with Crippen molar-refractivity contribution in [3.63, 3.8) is 0 Å². The molecule has 1 aromatic heterocycles. The number of hydrogen-bond donors (Lipinski definition) is 3. The summed E-state index contributed by atoms with van der Waals surface area (Å²) in [6.45, 7) is -0.187. The van der Waals surface area contributed by atoms with E-state index in [0.717, 1.165) is 19.3 Å². The van der Waals surface area contributed by atoms with Crippen molar-refractivity contribution in [1.29, 1.82) is 0 Å². The van der Waals surface area contributed by atoms with Gasteiger partial charge in [-0.2, -0.15) is 11.8 Å². The summed E-state index contributed by atoms with van der Waals surface area (Å²) in [6.07, 6.45) is 6.30.